The van der Waals surface area contributed by atoms with Crippen LogP contribution in [0.1, 0.15) is 77.2 Å². The Bertz CT molecular complexity index is 831. The van der Waals surface area contributed by atoms with Crippen LogP contribution in [0.15, 0.2) is 30.5 Å². The number of benzene rings is 1. The van der Waals surface area contributed by atoms with E-state index < -0.39 is 0 Å². The Labute approximate surface area is 187 Å². The van der Waals surface area contributed by atoms with Crippen LogP contribution in [0.25, 0.3) is 10.9 Å². The van der Waals surface area contributed by atoms with Crippen molar-refractivity contribution in [3.05, 3.63) is 36.0 Å². The van der Waals surface area contributed by atoms with Gasteiger partial charge in [0.05, 0.1) is 0 Å². The number of rotatable bonds is 12. The number of nitrogens with zero attached hydrogens (tertiary/aromatic N) is 2. The van der Waals surface area contributed by atoms with E-state index in [-0.39, 0.29) is 12.0 Å². The number of hydrogen-bond acceptors (Lipinski definition) is 4. The van der Waals surface area contributed by atoms with Crippen molar-refractivity contribution in [1.82, 2.24) is 9.88 Å². The quantitative estimate of drug-likeness (QED) is 0.505. The zero-order chi connectivity index (χ0) is 22.1. The maximum atomic E-state index is 11.1. The lowest BCUT2D eigenvalue weighted by Crippen LogP contribution is -2.44. The summed E-state index contributed by atoms with van der Waals surface area (Å²) in [6.07, 6.45) is 12.4. The lowest BCUT2D eigenvalue weighted by Gasteiger charge is -2.37. The Kier molecular flexibility index (Phi) is 9.13. The molecule has 0 bridgehead atoms. The van der Waals surface area contributed by atoms with Crippen LogP contribution in [0.3, 0.4) is 0 Å². The third-order valence-corrected chi connectivity index (χ3v) is 6.42. The number of carbonyl (C=O) groups is 1. The first-order valence-electron chi connectivity index (χ1n) is 12.2. The van der Waals surface area contributed by atoms with Gasteiger partial charge in [0, 0.05) is 37.1 Å². The number of likely N-dealkylation sites (tertiary alicyclic amines) is 1. The summed E-state index contributed by atoms with van der Waals surface area (Å²) < 4.78 is 6.54. The summed E-state index contributed by atoms with van der Waals surface area (Å²) in [6.45, 7) is 6.56. The fraction of sp³-hybridized carbons (Fsp3) is 0.615. The number of ether oxygens (including phenoxy) is 1. The summed E-state index contributed by atoms with van der Waals surface area (Å²) >= 11 is 0. The zero-order valence-corrected chi connectivity index (χ0v) is 19.3. The minimum absolute atomic E-state index is 0.190. The number of amides is 1. The number of hydrogen-bond donors (Lipinski definition) is 1. The highest BCUT2D eigenvalue weighted by atomic mass is 16.5. The van der Waals surface area contributed by atoms with E-state index in [1.165, 1.54) is 36.6 Å². The Hall–Kier alpha value is -2.14. The van der Waals surface area contributed by atoms with Gasteiger partial charge in [-0.25, -0.2) is 0 Å². The zero-order valence-electron chi connectivity index (χ0n) is 19.3. The molecule has 3 rings (SSSR count). The number of aryl methyl sites for hydroxylation is 1. The number of nitrogens with two attached hydrogens (primary N) is 1. The number of fused-ring (bicyclic) bond motifs is 1. The van der Waals surface area contributed by atoms with Crippen molar-refractivity contribution in [2.45, 2.75) is 90.2 Å². The molecule has 5 heteroatoms. The first-order valence-corrected chi connectivity index (χ1v) is 12.2. The Morgan fingerprint density at radius 3 is 2.71 bits per heavy atom. The van der Waals surface area contributed by atoms with E-state index in [9.17, 15) is 4.79 Å². The molecule has 2 N–H and O–H groups in total. The predicted molar refractivity (Wildman–Crippen MR) is 127 cm³/mol. The topological polar surface area (TPSA) is 68.5 Å². The highest BCUT2D eigenvalue weighted by Gasteiger charge is 2.26. The smallest absolute Gasteiger partial charge is 0.217 e. The average Bonchev–Trinajstić information content (AvgIpc) is 2.77. The van der Waals surface area contributed by atoms with Crippen molar-refractivity contribution in [2.24, 2.45) is 5.73 Å². The summed E-state index contributed by atoms with van der Waals surface area (Å²) in [6, 6.07) is 9.15. The number of pyridine rings is 1. The van der Waals surface area contributed by atoms with Crippen molar-refractivity contribution in [3.8, 4) is 5.75 Å². The molecule has 170 valence electrons. The van der Waals surface area contributed by atoms with Gasteiger partial charge >= 0.3 is 0 Å². The second-order valence-electron chi connectivity index (χ2n) is 8.93. The van der Waals surface area contributed by atoms with Crippen LogP contribution < -0.4 is 10.5 Å². The van der Waals surface area contributed by atoms with Crippen LogP contribution in [-0.4, -0.2) is 41.0 Å². The molecular weight excluding hydrogens is 386 g/mol. The van der Waals surface area contributed by atoms with E-state index in [0.29, 0.717) is 12.5 Å². The third kappa shape index (κ3) is 6.93. The standard InChI is InChI=1S/C26H39N3O2/c1-3-5-9-20-18-21-10-7-15-28-26(21)24(19-20)31-23-13-16-29(17-14-23)22(8-4-2)11-6-12-25(27)30/h7,10,15,18-19,22-23H,3-6,8-9,11-14,16-17H2,1-2H3,(H2,27,30). The minimum Gasteiger partial charge on any atom is -0.488 e. The van der Waals surface area contributed by atoms with Crippen LogP contribution in [0.4, 0.5) is 0 Å². The van der Waals surface area contributed by atoms with Crippen LogP contribution in [0, 0.1) is 0 Å². The summed E-state index contributed by atoms with van der Waals surface area (Å²) in [5, 5.41) is 1.17. The molecule has 2 heterocycles. The van der Waals surface area contributed by atoms with Gasteiger partial charge in [-0.1, -0.05) is 32.8 Å². The highest BCUT2D eigenvalue weighted by Crippen LogP contribution is 2.30. The van der Waals surface area contributed by atoms with E-state index in [0.717, 1.165) is 56.5 Å². The summed E-state index contributed by atoms with van der Waals surface area (Å²) in [5.74, 6) is 0.749. The summed E-state index contributed by atoms with van der Waals surface area (Å²) in [7, 11) is 0. The van der Waals surface area contributed by atoms with Gasteiger partial charge < -0.3 is 15.4 Å². The number of primary amides is 1. The maximum Gasteiger partial charge on any atom is 0.217 e. The van der Waals surface area contributed by atoms with Crippen molar-refractivity contribution in [1.29, 1.82) is 0 Å². The van der Waals surface area contributed by atoms with Gasteiger partial charge in [-0.3, -0.25) is 9.78 Å². The van der Waals surface area contributed by atoms with Gasteiger partial charge in [0.2, 0.25) is 5.91 Å². The molecule has 5 nitrogen and oxygen atoms in total. The molecule has 0 radical (unpaired) electrons. The predicted octanol–water partition coefficient (Wildman–Crippen LogP) is 5.24. The number of aromatic nitrogens is 1. The second-order valence-corrected chi connectivity index (χ2v) is 8.93. The number of piperidine rings is 1. The van der Waals surface area contributed by atoms with Crippen molar-refractivity contribution in [2.75, 3.05) is 13.1 Å². The largest absolute Gasteiger partial charge is 0.488 e. The summed E-state index contributed by atoms with van der Waals surface area (Å²) in [5.41, 5.74) is 7.64. The fourth-order valence-electron chi connectivity index (χ4n) is 4.73. The van der Waals surface area contributed by atoms with Crippen LogP contribution >= 0.6 is 0 Å². The Morgan fingerprint density at radius 2 is 2.00 bits per heavy atom. The Balaban J connectivity index is 1.62. The minimum atomic E-state index is -0.190. The molecule has 2 aromatic rings. The average molecular weight is 426 g/mol. The molecule has 31 heavy (non-hydrogen) atoms. The summed E-state index contributed by atoms with van der Waals surface area (Å²) in [4.78, 5) is 18.3. The second kappa shape index (κ2) is 12.0. The van der Waals surface area contributed by atoms with Gasteiger partial charge in [0.15, 0.2) is 0 Å². The lowest BCUT2D eigenvalue weighted by molar-refractivity contribution is -0.118. The fourth-order valence-corrected chi connectivity index (χ4v) is 4.73. The van der Waals surface area contributed by atoms with Crippen LogP contribution in [0.5, 0.6) is 5.75 Å². The van der Waals surface area contributed by atoms with Crippen molar-refractivity contribution < 1.29 is 9.53 Å². The van der Waals surface area contributed by atoms with Gasteiger partial charge in [-0.05, 0) is 68.7 Å². The number of unbranched alkanes of at least 4 members (excludes halogenated alkanes) is 1. The van der Waals surface area contributed by atoms with E-state index in [4.69, 9.17) is 10.5 Å². The number of carbonyl (C=O) groups excluding carboxylic acids is 1. The molecule has 0 saturated carbocycles. The van der Waals surface area contributed by atoms with E-state index in [1.54, 1.807) is 0 Å². The molecule has 1 aliphatic heterocycles. The molecular formula is C26H39N3O2. The molecule has 1 aliphatic rings. The monoisotopic (exact) mass is 425 g/mol. The van der Waals surface area contributed by atoms with Gasteiger partial charge in [-0.15, -0.1) is 0 Å². The maximum absolute atomic E-state index is 11.1. The lowest BCUT2D eigenvalue weighted by atomic mass is 9.98. The SMILES string of the molecule is CCCCc1cc(OC2CCN(C(CCC)CCCC(N)=O)CC2)c2ncccc2c1. The molecule has 1 amide bonds. The molecule has 1 atom stereocenters. The highest BCUT2D eigenvalue weighted by molar-refractivity contribution is 5.85. The van der Waals surface area contributed by atoms with Crippen molar-refractivity contribution in [3.63, 3.8) is 0 Å². The van der Waals surface area contributed by atoms with E-state index >= 15 is 0 Å². The Morgan fingerprint density at radius 1 is 1.19 bits per heavy atom. The molecule has 0 aliphatic carbocycles. The van der Waals surface area contributed by atoms with Gasteiger partial charge in [-0.2, -0.15) is 0 Å². The first kappa shape index (κ1) is 23.5. The van der Waals surface area contributed by atoms with Crippen LogP contribution in [0.2, 0.25) is 0 Å². The normalized spacial score (nSPS) is 16.5. The molecule has 1 aromatic heterocycles. The van der Waals surface area contributed by atoms with E-state index in [2.05, 4.69) is 41.9 Å². The molecule has 0 spiro atoms. The molecule has 1 fully saturated rings. The van der Waals surface area contributed by atoms with Gasteiger partial charge in [0.25, 0.3) is 0 Å². The van der Waals surface area contributed by atoms with Gasteiger partial charge in [0.1, 0.15) is 17.4 Å². The molecule has 1 saturated heterocycles. The first-order chi connectivity index (χ1) is 15.1. The van der Waals surface area contributed by atoms with Crippen LogP contribution in [-0.2, 0) is 11.2 Å². The molecule has 1 unspecified atom stereocenters. The van der Waals surface area contributed by atoms with Crippen molar-refractivity contribution >= 4 is 16.8 Å². The van der Waals surface area contributed by atoms with E-state index in [1.807, 2.05) is 12.3 Å². The molecule has 1 aromatic carbocycles. The third-order valence-electron chi connectivity index (χ3n) is 6.42.